The van der Waals surface area contributed by atoms with Crippen molar-refractivity contribution in [3.8, 4) is 0 Å². The summed E-state index contributed by atoms with van der Waals surface area (Å²) < 4.78 is 15.0. The fourth-order valence-electron chi connectivity index (χ4n) is 5.64. The zero-order valence-corrected chi connectivity index (χ0v) is 18.0. The Kier molecular flexibility index (Phi) is 6.06. The highest BCUT2D eigenvalue weighted by atomic mass is 19.1. The third kappa shape index (κ3) is 4.26. The van der Waals surface area contributed by atoms with Gasteiger partial charge < -0.3 is 14.9 Å². The first kappa shape index (κ1) is 20.7. The topological polar surface area (TPSA) is 39.6 Å². The van der Waals surface area contributed by atoms with Gasteiger partial charge in [0.25, 0.3) is 0 Å². The van der Waals surface area contributed by atoms with Crippen LogP contribution in [0.2, 0.25) is 0 Å². The summed E-state index contributed by atoms with van der Waals surface area (Å²) in [6.45, 7) is 2.99. The number of hydrogen-bond donors (Lipinski definition) is 1. The molecule has 31 heavy (non-hydrogen) atoms. The molecule has 5 heteroatoms. The molecule has 1 N–H and O–H groups in total. The molecule has 1 aromatic carbocycles. The summed E-state index contributed by atoms with van der Waals surface area (Å²) >= 11 is 0. The van der Waals surface area contributed by atoms with E-state index in [1.807, 2.05) is 29.4 Å². The van der Waals surface area contributed by atoms with Crippen LogP contribution in [-0.4, -0.2) is 46.8 Å². The SMILES string of the molecule is OC1CCCCC1N1C=CC(CN2CCC(c3ccccn3)CC2)c2cccc(F)c21. The van der Waals surface area contributed by atoms with Gasteiger partial charge in [-0.25, -0.2) is 4.39 Å². The van der Waals surface area contributed by atoms with Crippen molar-refractivity contribution in [3.05, 3.63) is 71.9 Å². The predicted molar refractivity (Wildman–Crippen MR) is 122 cm³/mol. The van der Waals surface area contributed by atoms with Crippen LogP contribution in [0.4, 0.5) is 10.1 Å². The summed E-state index contributed by atoms with van der Waals surface area (Å²) in [6.07, 6.45) is 11.8. The highest BCUT2D eigenvalue weighted by Gasteiger charge is 2.34. The van der Waals surface area contributed by atoms with E-state index in [1.54, 1.807) is 6.07 Å². The van der Waals surface area contributed by atoms with Crippen molar-refractivity contribution >= 4 is 5.69 Å². The van der Waals surface area contributed by atoms with Crippen LogP contribution in [0.25, 0.3) is 0 Å². The Morgan fingerprint density at radius 3 is 2.61 bits per heavy atom. The first-order valence-corrected chi connectivity index (χ1v) is 11.8. The Morgan fingerprint density at radius 1 is 1.00 bits per heavy atom. The van der Waals surface area contributed by atoms with E-state index in [1.165, 1.54) is 5.69 Å². The van der Waals surface area contributed by atoms with Gasteiger partial charge in [-0.05, 0) is 62.5 Å². The molecule has 3 heterocycles. The van der Waals surface area contributed by atoms with E-state index in [2.05, 4.69) is 34.2 Å². The molecule has 1 aliphatic carbocycles. The number of benzene rings is 1. The monoisotopic (exact) mass is 421 g/mol. The second-order valence-electron chi connectivity index (χ2n) is 9.28. The summed E-state index contributed by atoms with van der Waals surface area (Å²) in [4.78, 5) is 9.06. The van der Waals surface area contributed by atoms with Crippen molar-refractivity contribution in [1.29, 1.82) is 0 Å². The van der Waals surface area contributed by atoms with E-state index in [0.717, 1.165) is 63.7 Å². The van der Waals surface area contributed by atoms with Crippen LogP contribution in [0.15, 0.2) is 54.9 Å². The van der Waals surface area contributed by atoms with Gasteiger partial charge in [0.05, 0.1) is 17.8 Å². The quantitative estimate of drug-likeness (QED) is 0.768. The fourth-order valence-corrected chi connectivity index (χ4v) is 5.64. The largest absolute Gasteiger partial charge is 0.391 e. The fraction of sp³-hybridized carbons (Fsp3) is 0.500. The number of likely N-dealkylation sites (tertiary alicyclic amines) is 1. The lowest BCUT2D eigenvalue weighted by atomic mass is 9.87. The number of anilines is 1. The molecule has 1 saturated carbocycles. The summed E-state index contributed by atoms with van der Waals surface area (Å²) in [6, 6.07) is 11.6. The van der Waals surface area contributed by atoms with Gasteiger partial charge in [0.15, 0.2) is 0 Å². The number of para-hydroxylation sites is 1. The lowest BCUT2D eigenvalue weighted by Crippen LogP contribution is -2.45. The Bertz CT molecular complexity index is 910. The third-order valence-electron chi connectivity index (χ3n) is 7.35. The molecule has 5 rings (SSSR count). The van der Waals surface area contributed by atoms with Gasteiger partial charge in [0.1, 0.15) is 5.82 Å². The molecule has 2 fully saturated rings. The highest BCUT2D eigenvalue weighted by molar-refractivity contribution is 5.63. The number of rotatable bonds is 4. The number of aliphatic hydroxyl groups is 1. The zero-order valence-electron chi connectivity index (χ0n) is 18.0. The van der Waals surface area contributed by atoms with Crippen LogP contribution in [0.5, 0.6) is 0 Å². The number of pyridine rings is 1. The van der Waals surface area contributed by atoms with E-state index in [4.69, 9.17) is 0 Å². The van der Waals surface area contributed by atoms with Crippen LogP contribution in [0, 0.1) is 5.82 Å². The predicted octanol–water partition coefficient (Wildman–Crippen LogP) is 4.82. The van der Waals surface area contributed by atoms with Crippen molar-refractivity contribution in [2.24, 2.45) is 0 Å². The second kappa shape index (κ2) is 9.09. The van der Waals surface area contributed by atoms with E-state index in [0.29, 0.717) is 11.6 Å². The Labute approximate surface area is 184 Å². The average Bonchev–Trinajstić information content (AvgIpc) is 2.81. The maximum absolute atomic E-state index is 15.0. The minimum atomic E-state index is -0.395. The van der Waals surface area contributed by atoms with Gasteiger partial charge in [-0.3, -0.25) is 4.98 Å². The minimum Gasteiger partial charge on any atom is -0.391 e. The van der Waals surface area contributed by atoms with Crippen molar-refractivity contribution in [3.63, 3.8) is 0 Å². The number of nitrogens with zero attached hydrogens (tertiary/aromatic N) is 3. The van der Waals surface area contributed by atoms with E-state index in [-0.39, 0.29) is 17.8 Å². The molecule has 3 unspecified atom stereocenters. The number of aliphatic hydroxyl groups excluding tert-OH is 1. The van der Waals surface area contributed by atoms with Gasteiger partial charge in [0, 0.05) is 36.5 Å². The van der Waals surface area contributed by atoms with Gasteiger partial charge in [-0.15, -0.1) is 0 Å². The molecule has 0 amide bonds. The standard InChI is InChI=1S/C26H32FN3O/c27-22-7-5-6-21-20(13-17-30(26(21)22)24-9-1-2-10-25(24)31)18-29-15-11-19(12-16-29)23-8-3-4-14-28-23/h3-8,13-14,17,19-20,24-25,31H,1-2,9-12,15-16,18H2. The molecule has 4 nitrogen and oxygen atoms in total. The second-order valence-corrected chi connectivity index (χ2v) is 9.28. The normalized spacial score (nSPS) is 27.3. The van der Waals surface area contributed by atoms with Crippen molar-refractivity contribution < 1.29 is 9.50 Å². The third-order valence-corrected chi connectivity index (χ3v) is 7.35. The van der Waals surface area contributed by atoms with Crippen molar-refractivity contribution in [2.75, 3.05) is 24.5 Å². The Hall–Kier alpha value is -2.24. The van der Waals surface area contributed by atoms with E-state index in [9.17, 15) is 5.11 Å². The van der Waals surface area contributed by atoms with Crippen molar-refractivity contribution in [2.45, 2.75) is 62.5 Å². The molecule has 1 saturated heterocycles. The lowest BCUT2D eigenvalue weighted by molar-refractivity contribution is 0.107. The summed E-state index contributed by atoms with van der Waals surface area (Å²) in [5.41, 5.74) is 2.92. The molecule has 3 atom stereocenters. The summed E-state index contributed by atoms with van der Waals surface area (Å²) in [7, 11) is 0. The van der Waals surface area contributed by atoms with Crippen LogP contribution < -0.4 is 4.90 Å². The number of piperidine rings is 1. The van der Waals surface area contributed by atoms with Crippen molar-refractivity contribution in [1.82, 2.24) is 9.88 Å². The molecular weight excluding hydrogens is 389 g/mol. The van der Waals surface area contributed by atoms with Gasteiger partial charge >= 0.3 is 0 Å². The molecule has 0 spiro atoms. The molecular formula is C26H32FN3O. The molecule has 1 aromatic heterocycles. The highest BCUT2D eigenvalue weighted by Crippen LogP contribution is 2.40. The Morgan fingerprint density at radius 2 is 1.84 bits per heavy atom. The first-order chi connectivity index (χ1) is 15.2. The molecule has 2 aliphatic heterocycles. The minimum absolute atomic E-state index is 0.0317. The lowest BCUT2D eigenvalue weighted by Gasteiger charge is -2.42. The maximum atomic E-state index is 15.0. The molecule has 2 aromatic rings. The van der Waals surface area contributed by atoms with Crippen LogP contribution >= 0.6 is 0 Å². The molecule has 0 bridgehead atoms. The van der Waals surface area contributed by atoms with Crippen LogP contribution in [0.3, 0.4) is 0 Å². The average molecular weight is 422 g/mol. The number of aromatic nitrogens is 1. The summed E-state index contributed by atoms with van der Waals surface area (Å²) in [5.74, 6) is 0.528. The maximum Gasteiger partial charge on any atom is 0.147 e. The zero-order chi connectivity index (χ0) is 21.2. The Balaban J connectivity index is 1.30. The number of hydrogen-bond acceptors (Lipinski definition) is 4. The number of fused-ring (bicyclic) bond motifs is 1. The van der Waals surface area contributed by atoms with E-state index < -0.39 is 6.10 Å². The smallest absolute Gasteiger partial charge is 0.147 e. The van der Waals surface area contributed by atoms with Crippen LogP contribution in [0.1, 0.15) is 61.6 Å². The van der Waals surface area contributed by atoms with Crippen LogP contribution in [-0.2, 0) is 0 Å². The number of halogens is 1. The summed E-state index contributed by atoms with van der Waals surface area (Å²) in [5, 5.41) is 10.6. The molecule has 0 radical (unpaired) electrons. The molecule has 3 aliphatic rings. The van der Waals surface area contributed by atoms with E-state index >= 15 is 4.39 Å². The first-order valence-electron chi connectivity index (χ1n) is 11.8. The van der Waals surface area contributed by atoms with Gasteiger partial charge in [-0.2, -0.15) is 0 Å². The van der Waals surface area contributed by atoms with Gasteiger partial charge in [0.2, 0.25) is 0 Å². The molecule has 164 valence electrons. The van der Waals surface area contributed by atoms with Gasteiger partial charge in [-0.1, -0.05) is 37.1 Å².